The van der Waals surface area contributed by atoms with Crippen LogP contribution in [0.4, 0.5) is 5.82 Å². The molecule has 2 nitrogen and oxygen atoms in total. The molecule has 2 rings (SSSR count). The van der Waals surface area contributed by atoms with Gasteiger partial charge in [0.15, 0.2) is 0 Å². The lowest BCUT2D eigenvalue weighted by Crippen LogP contribution is -2.17. The highest BCUT2D eigenvalue weighted by atomic mass is 15.0. The molecule has 1 N–H and O–H groups in total. The van der Waals surface area contributed by atoms with Crippen molar-refractivity contribution in [3.05, 3.63) is 23.4 Å². The standard InChI is InChI=1S/C15H24N2/c1-11(2)7-8-12(3)16-15-10-9-13-5-4-6-14(13)17-15/h9-12H,4-8H2,1-3H3,(H,16,17). The average Bonchev–Trinajstić information content (AvgIpc) is 2.73. The van der Waals surface area contributed by atoms with Crippen molar-refractivity contribution < 1.29 is 0 Å². The first-order chi connectivity index (χ1) is 8.15. The Kier molecular flexibility index (Phi) is 4.03. The van der Waals surface area contributed by atoms with Gasteiger partial charge in [0, 0.05) is 11.7 Å². The highest BCUT2D eigenvalue weighted by molar-refractivity contribution is 5.41. The fourth-order valence-electron chi connectivity index (χ4n) is 2.41. The van der Waals surface area contributed by atoms with Gasteiger partial charge in [-0.1, -0.05) is 19.9 Å². The molecule has 0 saturated carbocycles. The van der Waals surface area contributed by atoms with Crippen LogP contribution in [-0.2, 0) is 12.8 Å². The van der Waals surface area contributed by atoms with Gasteiger partial charge in [0.1, 0.15) is 5.82 Å². The van der Waals surface area contributed by atoms with E-state index in [1.807, 2.05) is 0 Å². The van der Waals surface area contributed by atoms with E-state index in [0.717, 1.165) is 18.2 Å². The van der Waals surface area contributed by atoms with Gasteiger partial charge in [-0.05, 0) is 56.6 Å². The molecule has 94 valence electrons. The lowest BCUT2D eigenvalue weighted by molar-refractivity contribution is 0.527. The first kappa shape index (κ1) is 12.4. The third kappa shape index (κ3) is 3.45. The summed E-state index contributed by atoms with van der Waals surface area (Å²) >= 11 is 0. The molecule has 0 bridgehead atoms. The molecule has 0 saturated heterocycles. The van der Waals surface area contributed by atoms with Crippen molar-refractivity contribution >= 4 is 5.82 Å². The Labute approximate surface area is 105 Å². The Morgan fingerprint density at radius 2 is 2.00 bits per heavy atom. The van der Waals surface area contributed by atoms with Crippen molar-refractivity contribution in [2.24, 2.45) is 5.92 Å². The van der Waals surface area contributed by atoms with E-state index in [4.69, 9.17) is 4.98 Å². The minimum atomic E-state index is 0.518. The summed E-state index contributed by atoms with van der Waals surface area (Å²) in [6.07, 6.45) is 6.14. The van der Waals surface area contributed by atoms with Crippen molar-refractivity contribution in [1.82, 2.24) is 4.98 Å². The molecule has 0 spiro atoms. The number of aryl methyl sites for hydroxylation is 2. The van der Waals surface area contributed by atoms with Gasteiger partial charge < -0.3 is 5.32 Å². The number of hydrogen-bond donors (Lipinski definition) is 1. The summed E-state index contributed by atoms with van der Waals surface area (Å²) in [7, 11) is 0. The zero-order valence-corrected chi connectivity index (χ0v) is 11.3. The molecule has 1 unspecified atom stereocenters. The molecule has 1 aliphatic rings. The molecular formula is C15H24N2. The van der Waals surface area contributed by atoms with Crippen LogP contribution < -0.4 is 5.32 Å². The van der Waals surface area contributed by atoms with Crippen LogP contribution in [-0.4, -0.2) is 11.0 Å². The summed E-state index contributed by atoms with van der Waals surface area (Å²) in [6.45, 7) is 6.80. The summed E-state index contributed by atoms with van der Waals surface area (Å²) in [5.74, 6) is 1.84. The lowest BCUT2D eigenvalue weighted by atomic mass is 10.0. The minimum absolute atomic E-state index is 0.518. The average molecular weight is 232 g/mol. The first-order valence-electron chi connectivity index (χ1n) is 6.90. The van der Waals surface area contributed by atoms with Crippen molar-refractivity contribution in [3.8, 4) is 0 Å². The Morgan fingerprint density at radius 1 is 1.18 bits per heavy atom. The Balaban J connectivity index is 1.90. The topological polar surface area (TPSA) is 24.9 Å². The highest BCUT2D eigenvalue weighted by Crippen LogP contribution is 2.22. The van der Waals surface area contributed by atoms with E-state index in [0.29, 0.717) is 6.04 Å². The second-order valence-electron chi connectivity index (χ2n) is 5.67. The van der Waals surface area contributed by atoms with Crippen LogP contribution in [0.25, 0.3) is 0 Å². The molecule has 1 aliphatic carbocycles. The zero-order chi connectivity index (χ0) is 12.3. The van der Waals surface area contributed by atoms with Gasteiger partial charge in [0.05, 0.1) is 0 Å². The van der Waals surface area contributed by atoms with Gasteiger partial charge in [0.25, 0.3) is 0 Å². The number of nitrogens with zero attached hydrogens (tertiary/aromatic N) is 1. The van der Waals surface area contributed by atoms with Crippen molar-refractivity contribution in [1.29, 1.82) is 0 Å². The summed E-state index contributed by atoms with van der Waals surface area (Å²) < 4.78 is 0. The molecule has 17 heavy (non-hydrogen) atoms. The minimum Gasteiger partial charge on any atom is -0.368 e. The molecule has 0 aliphatic heterocycles. The van der Waals surface area contributed by atoms with Crippen LogP contribution in [0.15, 0.2) is 12.1 Å². The predicted molar refractivity (Wildman–Crippen MR) is 73.4 cm³/mol. The summed E-state index contributed by atoms with van der Waals surface area (Å²) in [5, 5.41) is 3.52. The Hall–Kier alpha value is -1.05. The second kappa shape index (κ2) is 5.52. The molecule has 1 heterocycles. The van der Waals surface area contributed by atoms with Gasteiger partial charge in [-0.15, -0.1) is 0 Å². The first-order valence-corrected chi connectivity index (χ1v) is 6.90. The maximum atomic E-state index is 4.71. The van der Waals surface area contributed by atoms with E-state index in [9.17, 15) is 0 Å². The van der Waals surface area contributed by atoms with Crippen molar-refractivity contribution in [2.45, 2.75) is 58.9 Å². The van der Waals surface area contributed by atoms with Crippen LogP contribution >= 0.6 is 0 Å². The van der Waals surface area contributed by atoms with Gasteiger partial charge in [0.2, 0.25) is 0 Å². The Morgan fingerprint density at radius 3 is 2.76 bits per heavy atom. The maximum Gasteiger partial charge on any atom is 0.126 e. The zero-order valence-electron chi connectivity index (χ0n) is 11.3. The third-order valence-corrected chi connectivity index (χ3v) is 3.50. The largest absolute Gasteiger partial charge is 0.368 e. The van der Waals surface area contributed by atoms with Crippen LogP contribution in [0, 0.1) is 5.92 Å². The number of pyridine rings is 1. The molecule has 1 atom stereocenters. The number of nitrogens with one attached hydrogen (secondary N) is 1. The summed E-state index contributed by atoms with van der Waals surface area (Å²) in [6, 6.07) is 4.90. The maximum absolute atomic E-state index is 4.71. The smallest absolute Gasteiger partial charge is 0.126 e. The highest BCUT2D eigenvalue weighted by Gasteiger charge is 2.13. The van der Waals surface area contributed by atoms with Gasteiger partial charge in [-0.3, -0.25) is 0 Å². The number of hydrogen-bond acceptors (Lipinski definition) is 2. The fraction of sp³-hybridized carbons (Fsp3) is 0.667. The van der Waals surface area contributed by atoms with E-state index >= 15 is 0 Å². The van der Waals surface area contributed by atoms with Crippen molar-refractivity contribution in [3.63, 3.8) is 0 Å². The van der Waals surface area contributed by atoms with E-state index in [2.05, 4.69) is 38.2 Å². The third-order valence-electron chi connectivity index (χ3n) is 3.50. The second-order valence-corrected chi connectivity index (χ2v) is 5.67. The quantitative estimate of drug-likeness (QED) is 0.835. The van der Waals surface area contributed by atoms with Crippen LogP contribution in [0.3, 0.4) is 0 Å². The molecule has 0 aromatic carbocycles. The molecule has 1 aromatic rings. The number of rotatable bonds is 5. The van der Waals surface area contributed by atoms with Gasteiger partial charge >= 0.3 is 0 Å². The lowest BCUT2D eigenvalue weighted by Gasteiger charge is -2.16. The van der Waals surface area contributed by atoms with Crippen LogP contribution in [0.1, 0.15) is 51.3 Å². The molecule has 1 aromatic heterocycles. The summed E-state index contributed by atoms with van der Waals surface area (Å²) in [5.41, 5.74) is 2.76. The molecular weight excluding hydrogens is 208 g/mol. The molecule has 0 amide bonds. The van der Waals surface area contributed by atoms with E-state index in [1.165, 1.54) is 36.9 Å². The summed E-state index contributed by atoms with van der Waals surface area (Å²) in [4.78, 5) is 4.71. The number of fused-ring (bicyclic) bond motifs is 1. The van der Waals surface area contributed by atoms with Crippen LogP contribution in [0.2, 0.25) is 0 Å². The van der Waals surface area contributed by atoms with Gasteiger partial charge in [-0.25, -0.2) is 4.98 Å². The number of anilines is 1. The van der Waals surface area contributed by atoms with E-state index in [-0.39, 0.29) is 0 Å². The predicted octanol–water partition coefficient (Wildman–Crippen LogP) is 3.81. The molecule has 0 fully saturated rings. The van der Waals surface area contributed by atoms with Gasteiger partial charge in [-0.2, -0.15) is 0 Å². The van der Waals surface area contributed by atoms with E-state index < -0.39 is 0 Å². The molecule has 2 heteroatoms. The fourth-order valence-corrected chi connectivity index (χ4v) is 2.41. The SMILES string of the molecule is CC(C)CCC(C)Nc1ccc2c(n1)CCC2. The Bertz CT molecular complexity index is 371. The normalized spacial score (nSPS) is 16.0. The molecule has 0 radical (unpaired) electrons. The van der Waals surface area contributed by atoms with Crippen molar-refractivity contribution in [2.75, 3.05) is 5.32 Å². The van der Waals surface area contributed by atoms with Crippen LogP contribution in [0.5, 0.6) is 0 Å². The number of aromatic nitrogens is 1. The monoisotopic (exact) mass is 232 g/mol. The van der Waals surface area contributed by atoms with E-state index in [1.54, 1.807) is 0 Å².